The summed E-state index contributed by atoms with van der Waals surface area (Å²) in [5, 5.41) is 0. The fourth-order valence-corrected chi connectivity index (χ4v) is 1.79. The van der Waals surface area contributed by atoms with Crippen molar-refractivity contribution < 1.29 is 9.53 Å². The van der Waals surface area contributed by atoms with Crippen molar-refractivity contribution in [2.45, 2.75) is 31.4 Å². The van der Waals surface area contributed by atoms with E-state index in [-0.39, 0.29) is 6.10 Å². The summed E-state index contributed by atoms with van der Waals surface area (Å²) in [5.74, 6) is 0. The number of hydrogen-bond acceptors (Lipinski definition) is 3. The van der Waals surface area contributed by atoms with Gasteiger partial charge in [-0.3, -0.25) is 4.90 Å². The van der Waals surface area contributed by atoms with Crippen LogP contribution in [0.2, 0.25) is 0 Å². The van der Waals surface area contributed by atoms with Gasteiger partial charge in [0.2, 0.25) is 0 Å². The van der Waals surface area contributed by atoms with Crippen LogP contribution in [0.3, 0.4) is 0 Å². The Kier molecular flexibility index (Phi) is 1.92. The number of ether oxygens (including phenoxy) is 1. The van der Waals surface area contributed by atoms with Crippen LogP contribution in [0.4, 0.5) is 4.79 Å². The molecule has 0 spiro atoms. The topological polar surface area (TPSA) is 55.6 Å². The van der Waals surface area contributed by atoms with Crippen molar-refractivity contribution in [2.24, 2.45) is 5.73 Å². The predicted octanol–water partition coefficient (Wildman–Crippen LogP) is 0.318. The molecule has 4 heteroatoms. The molecule has 0 radical (unpaired) electrons. The number of nitrogens with two attached hydrogens (primary N) is 1. The van der Waals surface area contributed by atoms with E-state index in [0.717, 1.165) is 25.6 Å². The molecule has 1 aliphatic heterocycles. The van der Waals surface area contributed by atoms with E-state index >= 15 is 0 Å². The molecule has 0 bridgehead atoms. The molecule has 0 aromatic rings. The second kappa shape index (κ2) is 2.94. The fraction of sp³-hybridized carbons (Fsp3) is 0.875. The number of nitrogens with zero attached hydrogens (tertiary/aromatic N) is 1. The minimum absolute atomic E-state index is 0.0445. The van der Waals surface area contributed by atoms with Gasteiger partial charge in [0, 0.05) is 19.1 Å². The van der Waals surface area contributed by atoms with E-state index in [1.165, 1.54) is 12.8 Å². The molecule has 1 aliphatic carbocycles. The first kappa shape index (κ1) is 7.86. The lowest BCUT2D eigenvalue weighted by atomic mass is 10.3. The molecule has 1 atom stereocenters. The van der Waals surface area contributed by atoms with E-state index in [0.29, 0.717) is 0 Å². The Balaban J connectivity index is 1.77. The van der Waals surface area contributed by atoms with E-state index in [9.17, 15) is 4.79 Å². The number of primary amides is 1. The summed E-state index contributed by atoms with van der Waals surface area (Å²) in [6.45, 7) is 1.94. The van der Waals surface area contributed by atoms with Crippen molar-refractivity contribution in [1.29, 1.82) is 0 Å². The number of amides is 1. The zero-order valence-corrected chi connectivity index (χ0v) is 7.03. The van der Waals surface area contributed by atoms with Crippen LogP contribution in [-0.4, -0.2) is 36.2 Å². The molecule has 1 unspecified atom stereocenters. The van der Waals surface area contributed by atoms with Crippen LogP contribution in [0.15, 0.2) is 0 Å². The SMILES string of the molecule is NC(=O)OC1CCN(C2CC2)C1. The van der Waals surface area contributed by atoms with Crippen LogP contribution in [0, 0.1) is 0 Å². The third-order valence-corrected chi connectivity index (χ3v) is 2.52. The summed E-state index contributed by atoms with van der Waals surface area (Å²) < 4.78 is 4.92. The van der Waals surface area contributed by atoms with Crippen molar-refractivity contribution in [2.75, 3.05) is 13.1 Å². The van der Waals surface area contributed by atoms with E-state index in [2.05, 4.69) is 4.90 Å². The standard InChI is InChI=1S/C8H14N2O2/c9-8(11)12-7-3-4-10(5-7)6-1-2-6/h6-7H,1-5H2,(H2,9,11). The molecule has 1 saturated heterocycles. The van der Waals surface area contributed by atoms with Gasteiger partial charge in [-0.2, -0.15) is 0 Å². The molecule has 1 heterocycles. The number of hydrogen-bond donors (Lipinski definition) is 1. The summed E-state index contributed by atoms with van der Waals surface area (Å²) in [6, 6.07) is 0.770. The highest BCUT2D eigenvalue weighted by atomic mass is 16.6. The molecule has 68 valence electrons. The lowest BCUT2D eigenvalue weighted by Crippen LogP contribution is -2.28. The molecule has 2 N–H and O–H groups in total. The molecule has 2 fully saturated rings. The Labute approximate surface area is 71.7 Å². The van der Waals surface area contributed by atoms with E-state index in [4.69, 9.17) is 10.5 Å². The van der Waals surface area contributed by atoms with Crippen LogP contribution in [0.25, 0.3) is 0 Å². The third kappa shape index (κ3) is 1.69. The minimum atomic E-state index is -0.641. The highest BCUT2D eigenvalue weighted by molar-refractivity contribution is 5.64. The highest BCUT2D eigenvalue weighted by Crippen LogP contribution is 2.30. The van der Waals surface area contributed by atoms with Crippen molar-refractivity contribution in [3.63, 3.8) is 0 Å². The Morgan fingerprint density at radius 3 is 2.75 bits per heavy atom. The van der Waals surface area contributed by atoms with Crippen molar-refractivity contribution in [1.82, 2.24) is 4.90 Å². The maximum atomic E-state index is 10.4. The molecular weight excluding hydrogens is 156 g/mol. The van der Waals surface area contributed by atoms with Gasteiger partial charge in [0.15, 0.2) is 0 Å². The summed E-state index contributed by atoms with van der Waals surface area (Å²) in [4.78, 5) is 12.8. The van der Waals surface area contributed by atoms with Crippen LogP contribution >= 0.6 is 0 Å². The number of carbonyl (C=O) groups is 1. The van der Waals surface area contributed by atoms with Crippen molar-refractivity contribution >= 4 is 6.09 Å². The lowest BCUT2D eigenvalue weighted by Gasteiger charge is -2.13. The fourth-order valence-electron chi connectivity index (χ4n) is 1.79. The zero-order chi connectivity index (χ0) is 8.55. The molecule has 1 amide bonds. The van der Waals surface area contributed by atoms with Gasteiger partial charge in [-0.15, -0.1) is 0 Å². The molecule has 2 aliphatic rings. The summed E-state index contributed by atoms with van der Waals surface area (Å²) in [5.41, 5.74) is 4.93. The first-order valence-electron chi connectivity index (χ1n) is 4.46. The molecular formula is C8H14N2O2. The van der Waals surface area contributed by atoms with Crippen molar-refractivity contribution in [3.05, 3.63) is 0 Å². The maximum absolute atomic E-state index is 10.4. The van der Waals surface area contributed by atoms with E-state index in [1.807, 2.05) is 0 Å². The first-order valence-corrected chi connectivity index (χ1v) is 4.46. The smallest absolute Gasteiger partial charge is 0.404 e. The van der Waals surface area contributed by atoms with Gasteiger partial charge >= 0.3 is 6.09 Å². The van der Waals surface area contributed by atoms with Gasteiger partial charge in [0.1, 0.15) is 6.10 Å². The average Bonchev–Trinajstić information content (AvgIpc) is 2.73. The molecule has 12 heavy (non-hydrogen) atoms. The second-order valence-corrected chi connectivity index (χ2v) is 3.57. The van der Waals surface area contributed by atoms with Gasteiger partial charge in [-0.05, 0) is 19.3 Å². The molecule has 0 aromatic heterocycles. The average molecular weight is 170 g/mol. The third-order valence-electron chi connectivity index (χ3n) is 2.52. The van der Waals surface area contributed by atoms with E-state index < -0.39 is 6.09 Å². The Bertz CT molecular complexity index is 191. The molecule has 4 nitrogen and oxygen atoms in total. The zero-order valence-electron chi connectivity index (χ0n) is 7.03. The number of rotatable bonds is 2. The Hall–Kier alpha value is -0.770. The predicted molar refractivity (Wildman–Crippen MR) is 43.7 cm³/mol. The van der Waals surface area contributed by atoms with Gasteiger partial charge in [0.05, 0.1) is 0 Å². The Morgan fingerprint density at radius 1 is 1.42 bits per heavy atom. The van der Waals surface area contributed by atoms with Crippen LogP contribution in [0.5, 0.6) is 0 Å². The first-order chi connectivity index (χ1) is 5.75. The highest BCUT2D eigenvalue weighted by Gasteiger charge is 2.35. The van der Waals surface area contributed by atoms with Gasteiger partial charge in [0.25, 0.3) is 0 Å². The lowest BCUT2D eigenvalue weighted by molar-refractivity contribution is 0.109. The van der Waals surface area contributed by atoms with Crippen LogP contribution in [-0.2, 0) is 4.74 Å². The van der Waals surface area contributed by atoms with Crippen LogP contribution < -0.4 is 5.73 Å². The normalized spacial score (nSPS) is 30.5. The summed E-state index contributed by atoms with van der Waals surface area (Å²) >= 11 is 0. The second-order valence-electron chi connectivity index (χ2n) is 3.57. The largest absolute Gasteiger partial charge is 0.445 e. The number of carbonyl (C=O) groups excluding carboxylic acids is 1. The quantitative estimate of drug-likeness (QED) is 0.649. The summed E-state index contributed by atoms with van der Waals surface area (Å²) in [7, 11) is 0. The van der Waals surface area contributed by atoms with Gasteiger partial charge in [-0.1, -0.05) is 0 Å². The Morgan fingerprint density at radius 2 is 2.17 bits per heavy atom. The van der Waals surface area contributed by atoms with E-state index in [1.54, 1.807) is 0 Å². The minimum Gasteiger partial charge on any atom is -0.445 e. The van der Waals surface area contributed by atoms with Crippen LogP contribution in [0.1, 0.15) is 19.3 Å². The molecule has 1 saturated carbocycles. The van der Waals surface area contributed by atoms with Gasteiger partial charge < -0.3 is 10.5 Å². The van der Waals surface area contributed by atoms with Crippen molar-refractivity contribution in [3.8, 4) is 0 Å². The monoisotopic (exact) mass is 170 g/mol. The number of likely N-dealkylation sites (tertiary alicyclic amines) is 1. The maximum Gasteiger partial charge on any atom is 0.404 e. The van der Waals surface area contributed by atoms with Gasteiger partial charge in [-0.25, -0.2) is 4.79 Å². The molecule has 2 rings (SSSR count). The summed E-state index contributed by atoms with van der Waals surface area (Å²) in [6.07, 6.45) is 2.96. The molecule has 0 aromatic carbocycles.